The summed E-state index contributed by atoms with van der Waals surface area (Å²) in [4.78, 5) is 48.4. The third-order valence-corrected chi connectivity index (χ3v) is 12.2. The molecule has 0 saturated carbocycles. The lowest BCUT2D eigenvalue weighted by molar-refractivity contribution is -0.161. The van der Waals surface area contributed by atoms with Crippen LogP contribution in [0, 0.1) is 0 Å². The van der Waals surface area contributed by atoms with E-state index in [4.69, 9.17) is 23.3 Å². The summed E-state index contributed by atoms with van der Waals surface area (Å²) in [6, 6.07) is 0. The topological polar surface area (TPSA) is 155 Å². The molecule has 0 bridgehead atoms. The molecule has 3 atom stereocenters. The molecule has 11 nitrogen and oxygen atoms in total. The fraction of sp³-hybridized carbons (Fsp3) is 0.707. The van der Waals surface area contributed by atoms with E-state index in [1.807, 2.05) is 0 Å². The molecular formula is C58H99O11P. The predicted molar refractivity (Wildman–Crippen MR) is 288 cm³/mol. The monoisotopic (exact) mass is 1000 g/mol. The molecule has 0 saturated heterocycles. The second kappa shape index (κ2) is 52.0. The zero-order chi connectivity index (χ0) is 51.3. The summed E-state index contributed by atoms with van der Waals surface area (Å²) < 4.78 is 39.4. The van der Waals surface area contributed by atoms with E-state index in [9.17, 15) is 28.9 Å². The van der Waals surface area contributed by atoms with Crippen molar-refractivity contribution in [2.24, 2.45) is 0 Å². The molecule has 0 aliphatic rings. The second-order valence-corrected chi connectivity index (χ2v) is 19.5. The van der Waals surface area contributed by atoms with Crippen LogP contribution in [0.3, 0.4) is 0 Å². The van der Waals surface area contributed by atoms with Gasteiger partial charge in [0.25, 0.3) is 0 Å². The zero-order valence-corrected chi connectivity index (χ0v) is 45.1. The minimum atomic E-state index is -4.76. The van der Waals surface area contributed by atoms with E-state index in [1.165, 1.54) is 38.5 Å². The van der Waals surface area contributed by atoms with Gasteiger partial charge < -0.3 is 24.2 Å². The minimum Gasteiger partial charge on any atom is -0.462 e. The Morgan fingerprint density at radius 1 is 0.414 bits per heavy atom. The number of hydrogen-bond donors (Lipinski definition) is 2. The van der Waals surface area contributed by atoms with Gasteiger partial charge in [-0.05, 0) is 109 Å². The van der Waals surface area contributed by atoms with Gasteiger partial charge in [0.05, 0.1) is 19.8 Å². The molecule has 70 heavy (non-hydrogen) atoms. The number of rotatable bonds is 50. The average Bonchev–Trinajstić information content (AvgIpc) is 3.35. The van der Waals surface area contributed by atoms with Crippen molar-refractivity contribution < 1.29 is 52.2 Å². The zero-order valence-electron chi connectivity index (χ0n) is 44.2. The molecule has 0 spiro atoms. The Morgan fingerprint density at radius 2 is 0.757 bits per heavy atom. The third-order valence-electron chi connectivity index (χ3n) is 11.3. The van der Waals surface area contributed by atoms with Gasteiger partial charge in [0.2, 0.25) is 0 Å². The minimum absolute atomic E-state index is 0.123. The molecule has 12 heteroatoms. The van der Waals surface area contributed by atoms with E-state index in [-0.39, 0.29) is 25.9 Å². The molecule has 2 N–H and O–H groups in total. The van der Waals surface area contributed by atoms with E-state index < -0.39 is 57.8 Å². The summed E-state index contributed by atoms with van der Waals surface area (Å²) in [7, 11) is -4.76. The standard InChI is InChI=1S/C58H99O11P/c1-4-7-10-13-16-19-22-24-25-26-27-28-29-31-34-37-40-43-46-49-58(62)69-55(51-65-56(60)47-44-41-38-35-33-30-23-20-17-14-11-8-5-2)53-67-70(63,64)66-52-54(50-59)68-57(61)48-45-42-39-36-32-21-18-15-12-9-6-3/h7,10,15-16,18-20,23-25,27-28,31,34,54-55,59H,4-6,8-9,11-14,17,21-22,26,29-30,32-33,35-53H2,1-3H3,(H,63,64)/b10-7-,18-15-,19-16-,23-20-,25-24-,28-27-,34-31-. The normalized spacial score (nSPS) is 14.1. The van der Waals surface area contributed by atoms with Crippen molar-refractivity contribution in [3.05, 3.63) is 85.1 Å². The van der Waals surface area contributed by atoms with Crippen LogP contribution in [0.1, 0.15) is 226 Å². The molecule has 0 heterocycles. The largest absolute Gasteiger partial charge is 0.472 e. The van der Waals surface area contributed by atoms with Crippen molar-refractivity contribution >= 4 is 25.7 Å². The summed E-state index contributed by atoms with van der Waals surface area (Å²) in [5, 5.41) is 9.77. The van der Waals surface area contributed by atoms with Gasteiger partial charge in [0, 0.05) is 19.3 Å². The van der Waals surface area contributed by atoms with Gasteiger partial charge in [0.15, 0.2) is 6.10 Å². The van der Waals surface area contributed by atoms with Crippen LogP contribution in [0.4, 0.5) is 0 Å². The number of unbranched alkanes of at least 4 members (excludes halogenated alkanes) is 19. The lowest BCUT2D eigenvalue weighted by atomic mass is 10.1. The van der Waals surface area contributed by atoms with E-state index in [1.54, 1.807) is 0 Å². The molecule has 3 unspecified atom stereocenters. The fourth-order valence-electron chi connectivity index (χ4n) is 7.06. The van der Waals surface area contributed by atoms with Gasteiger partial charge in [-0.2, -0.15) is 0 Å². The van der Waals surface area contributed by atoms with Crippen molar-refractivity contribution in [3.63, 3.8) is 0 Å². The van der Waals surface area contributed by atoms with Gasteiger partial charge in [-0.3, -0.25) is 23.4 Å². The number of hydrogen-bond acceptors (Lipinski definition) is 10. The number of phosphoric acid groups is 1. The fourth-order valence-corrected chi connectivity index (χ4v) is 7.85. The summed E-state index contributed by atoms with van der Waals surface area (Å²) >= 11 is 0. The Labute approximate surface area is 426 Å². The quantitative estimate of drug-likeness (QED) is 0.0197. The molecule has 0 aliphatic heterocycles. The molecule has 0 fully saturated rings. The van der Waals surface area contributed by atoms with Crippen molar-refractivity contribution in [3.8, 4) is 0 Å². The smallest absolute Gasteiger partial charge is 0.462 e. The Bertz CT molecular complexity index is 1500. The number of carbonyl (C=O) groups is 3. The van der Waals surface area contributed by atoms with Crippen molar-refractivity contribution in [2.75, 3.05) is 26.4 Å². The van der Waals surface area contributed by atoms with Crippen molar-refractivity contribution in [1.82, 2.24) is 0 Å². The third kappa shape index (κ3) is 49.6. The van der Waals surface area contributed by atoms with Crippen LogP contribution in [0.5, 0.6) is 0 Å². The highest BCUT2D eigenvalue weighted by Gasteiger charge is 2.28. The second-order valence-electron chi connectivity index (χ2n) is 18.0. The summed E-state index contributed by atoms with van der Waals surface area (Å²) in [6.07, 6.45) is 58.3. The van der Waals surface area contributed by atoms with E-state index >= 15 is 0 Å². The highest BCUT2D eigenvalue weighted by molar-refractivity contribution is 7.47. The molecular weight excluding hydrogens is 904 g/mol. The average molecular weight is 1000 g/mol. The highest BCUT2D eigenvalue weighted by atomic mass is 31.2. The van der Waals surface area contributed by atoms with Crippen molar-refractivity contribution in [1.29, 1.82) is 0 Å². The van der Waals surface area contributed by atoms with Crippen LogP contribution in [0.2, 0.25) is 0 Å². The van der Waals surface area contributed by atoms with E-state index in [2.05, 4.69) is 106 Å². The summed E-state index contributed by atoms with van der Waals surface area (Å²) in [6.45, 7) is 4.40. The lowest BCUT2D eigenvalue weighted by Crippen LogP contribution is -2.30. The van der Waals surface area contributed by atoms with E-state index in [0.717, 1.165) is 128 Å². The van der Waals surface area contributed by atoms with Crippen molar-refractivity contribution in [2.45, 2.75) is 238 Å². The van der Waals surface area contributed by atoms with Gasteiger partial charge in [0.1, 0.15) is 12.7 Å². The number of phosphoric ester groups is 1. The predicted octanol–water partition coefficient (Wildman–Crippen LogP) is 15.9. The number of carbonyl (C=O) groups excluding carboxylic acids is 3. The number of esters is 3. The SMILES string of the molecule is CC/C=C\C/C=C\C/C=C\C/C=C\C/C=C\CCCCCC(=O)OC(COC(=O)CCCCCCC/C=C\CCCCCC)COP(=O)(O)OCC(CO)OC(=O)CCCCCCC/C=C\CCCC. The maximum Gasteiger partial charge on any atom is 0.472 e. The van der Waals surface area contributed by atoms with Crippen LogP contribution in [0.15, 0.2) is 85.1 Å². The maximum atomic E-state index is 12.9. The first-order valence-electron chi connectivity index (χ1n) is 27.5. The number of aliphatic hydroxyl groups is 1. The lowest BCUT2D eigenvalue weighted by Gasteiger charge is -2.21. The Kier molecular flexibility index (Phi) is 49.5. The first kappa shape index (κ1) is 66.7. The van der Waals surface area contributed by atoms with E-state index in [0.29, 0.717) is 19.3 Å². The van der Waals surface area contributed by atoms with Crippen LogP contribution >= 0.6 is 7.82 Å². The van der Waals surface area contributed by atoms with Gasteiger partial charge >= 0.3 is 25.7 Å². The number of ether oxygens (including phenoxy) is 3. The van der Waals surface area contributed by atoms with Gasteiger partial charge in [-0.1, -0.05) is 183 Å². The molecule has 0 radical (unpaired) electrons. The molecule has 0 amide bonds. The summed E-state index contributed by atoms with van der Waals surface area (Å²) in [5.41, 5.74) is 0. The number of aliphatic hydroxyl groups excluding tert-OH is 1. The Hall–Kier alpha value is -3.34. The Balaban J connectivity index is 4.82. The molecule has 0 aromatic carbocycles. The number of allylic oxidation sites excluding steroid dienone is 14. The first-order chi connectivity index (χ1) is 34.2. The summed E-state index contributed by atoms with van der Waals surface area (Å²) in [5.74, 6) is -1.53. The van der Waals surface area contributed by atoms with Crippen LogP contribution in [-0.4, -0.2) is 66.5 Å². The maximum absolute atomic E-state index is 12.9. The Morgan fingerprint density at radius 3 is 1.21 bits per heavy atom. The highest BCUT2D eigenvalue weighted by Crippen LogP contribution is 2.43. The van der Waals surface area contributed by atoms with Gasteiger partial charge in [-0.15, -0.1) is 0 Å². The van der Waals surface area contributed by atoms with Gasteiger partial charge in [-0.25, -0.2) is 4.57 Å². The molecule has 0 aliphatic carbocycles. The molecule has 0 aromatic rings. The molecule has 0 rings (SSSR count). The molecule has 402 valence electrons. The van der Waals surface area contributed by atoms with Crippen LogP contribution in [0.25, 0.3) is 0 Å². The van der Waals surface area contributed by atoms with Crippen LogP contribution in [-0.2, 0) is 42.2 Å². The van der Waals surface area contributed by atoms with Crippen LogP contribution < -0.4 is 0 Å². The first-order valence-corrected chi connectivity index (χ1v) is 29.0. The molecule has 0 aromatic heterocycles.